The molecular weight excluding hydrogens is 284 g/mol. The Balaban J connectivity index is 1.67. The van der Waals surface area contributed by atoms with E-state index < -0.39 is 0 Å². The van der Waals surface area contributed by atoms with Gasteiger partial charge in [-0.2, -0.15) is 0 Å². The van der Waals surface area contributed by atoms with Gasteiger partial charge in [-0.05, 0) is 50.1 Å². The number of hydrogen-bond acceptors (Lipinski definition) is 3. The molecule has 0 unspecified atom stereocenters. The fraction of sp³-hybridized carbons (Fsp3) is 0.250. The molecule has 1 saturated carbocycles. The number of nitrogens with one attached hydrogen (secondary N) is 2. The lowest BCUT2D eigenvalue weighted by atomic mass is 10.2. The van der Waals surface area contributed by atoms with Gasteiger partial charge in [-0.1, -0.05) is 6.07 Å². The summed E-state index contributed by atoms with van der Waals surface area (Å²) in [6.07, 6.45) is 1.94. The summed E-state index contributed by atoms with van der Waals surface area (Å²) in [6.45, 7) is 1.97. The molecule has 1 aromatic carbocycles. The first kappa shape index (κ1) is 13.8. The molecule has 2 N–H and O–H groups in total. The second-order valence-corrected chi connectivity index (χ2v) is 6.50. The molecule has 0 aliphatic heterocycles. The molecule has 2 aromatic rings. The normalized spacial score (nSPS) is 13.8. The van der Waals surface area contributed by atoms with Crippen molar-refractivity contribution in [1.82, 2.24) is 0 Å². The molecule has 1 aliphatic carbocycles. The Labute approximate surface area is 127 Å². The van der Waals surface area contributed by atoms with E-state index >= 15 is 0 Å². The molecule has 0 spiro atoms. The van der Waals surface area contributed by atoms with E-state index in [1.165, 1.54) is 11.3 Å². The van der Waals surface area contributed by atoms with Crippen LogP contribution in [-0.4, -0.2) is 11.8 Å². The minimum Gasteiger partial charge on any atom is -0.326 e. The first-order valence-corrected chi connectivity index (χ1v) is 7.72. The smallest absolute Gasteiger partial charge is 0.265 e. The van der Waals surface area contributed by atoms with Crippen LogP contribution < -0.4 is 10.6 Å². The summed E-state index contributed by atoms with van der Waals surface area (Å²) in [5.41, 5.74) is 1.40. The van der Waals surface area contributed by atoms with Crippen LogP contribution in [0.25, 0.3) is 0 Å². The van der Waals surface area contributed by atoms with Crippen molar-refractivity contribution in [2.45, 2.75) is 19.8 Å². The molecule has 1 aliphatic rings. The van der Waals surface area contributed by atoms with E-state index in [0.717, 1.165) is 17.7 Å². The zero-order chi connectivity index (χ0) is 14.8. The number of hydrogen-bond donors (Lipinski definition) is 2. The molecule has 21 heavy (non-hydrogen) atoms. The number of thiophene rings is 1. The first-order chi connectivity index (χ1) is 10.1. The molecule has 1 fully saturated rings. The average Bonchev–Trinajstić information content (AvgIpc) is 3.21. The van der Waals surface area contributed by atoms with E-state index in [2.05, 4.69) is 10.6 Å². The van der Waals surface area contributed by atoms with Crippen molar-refractivity contribution in [1.29, 1.82) is 0 Å². The third-order valence-electron chi connectivity index (χ3n) is 3.30. The van der Waals surface area contributed by atoms with Crippen molar-refractivity contribution in [3.8, 4) is 0 Å². The Kier molecular flexibility index (Phi) is 3.75. The molecule has 5 heteroatoms. The Morgan fingerprint density at radius 2 is 1.81 bits per heavy atom. The first-order valence-electron chi connectivity index (χ1n) is 6.90. The monoisotopic (exact) mass is 300 g/mol. The van der Waals surface area contributed by atoms with Gasteiger partial charge in [0, 0.05) is 22.2 Å². The van der Waals surface area contributed by atoms with E-state index in [9.17, 15) is 9.59 Å². The minimum atomic E-state index is -0.126. The average molecular weight is 300 g/mol. The second kappa shape index (κ2) is 5.69. The van der Waals surface area contributed by atoms with Crippen LogP contribution in [0.1, 0.15) is 27.4 Å². The fourth-order valence-electron chi connectivity index (χ4n) is 2.01. The summed E-state index contributed by atoms with van der Waals surface area (Å²) < 4.78 is 0. The van der Waals surface area contributed by atoms with Crippen molar-refractivity contribution in [2.75, 3.05) is 10.6 Å². The molecule has 0 atom stereocenters. The highest BCUT2D eigenvalue weighted by Gasteiger charge is 2.29. The number of aryl methyl sites for hydroxylation is 1. The topological polar surface area (TPSA) is 58.2 Å². The van der Waals surface area contributed by atoms with Crippen LogP contribution in [0.3, 0.4) is 0 Å². The zero-order valence-corrected chi connectivity index (χ0v) is 12.5. The van der Waals surface area contributed by atoms with Gasteiger partial charge in [0.25, 0.3) is 5.91 Å². The molecule has 1 aromatic heterocycles. The van der Waals surface area contributed by atoms with E-state index in [4.69, 9.17) is 0 Å². The molecule has 2 amide bonds. The Morgan fingerprint density at radius 3 is 2.43 bits per heavy atom. The summed E-state index contributed by atoms with van der Waals surface area (Å²) >= 11 is 1.46. The molecule has 1 heterocycles. The molecule has 3 rings (SSSR count). The van der Waals surface area contributed by atoms with Gasteiger partial charge in [0.15, 0.2) is 0 Å². The second-order valence-electron chi connectivity index (χ2n) is 5.21. The maximum absolute atomic E-state index is 12.1. The molecular formula is C16H16N2O2S. The number of anilines is 2. The molecule has 108 valence electrons. The van der Waals surface area contributed by atoms with Gasteiger partial charge in [0.05, 0.1) is 4.88 Å². The van der Waals surface area contributed by atoms with Crippen molar-refractivity contribution >= 4 is 34.5 Å². The molecule has 0 bridgehead atoms. The highest BCUT2D eigenvalue weighted by molar-refractivity contribution is 7.14. The number of amides is 2. The van der Waals surface area contributed by atoms with Crippen LogP contribution in [0, 0.1) is 12.8 Å². The van der Waals surface area contributed by atoms with Gasteiger partial charge in [0.1, 0.15) is 0 Å². The van der Waals surface area contributed by atoms with Gasteiger partial charge in [-0.15, -0.1) is 11.3 Å². The third kappa shape index (κ3) is 3.49. The van der Waals surface area contributed by atoms with Crippen LogP contribution >= 0.6 is 11.3 Å². The third-order valence-corrected chi connectivity index (χ3v) is 4.30. The highest BCUT2D eigenvalue weighted by atomic mass is 32.1. The summed E-state index contributed by atoms with van der Waals surface area (Å²) in [5.74, 6) is 0.100. The molecule has 0 saturated heterocycles. The van der Waals surface area contributed by atoms with Crippen molar-refractivity contribution < 1.29 is 9.59 Å². The lowest BCUT2D eigenvalue weighted by Crippen LogP contribution is -2.14. The Bertz CT molecular complexity index is 689. The lowest BCUT2D eigenvalue weighted by molar-refractivity contribution is -0.117. The van der Waals surface area contributed by atoms with Crippen LogP contribution in [0.2, 0.25) is 0 Å². The summed E-state index contributed by atoms with van der Waals surface area (Å²) in [4.78, 5) is 25.6. The largest absolute Gasteiger partial charge is 0.326 e. The number of carbonyl (C=O) groups is 2. The van der Waals surface area contributed by atoms with Crippen LogP contribution in [0.4, 0.5) is 11.4 Å². The number of benzene rings is 1. The molecule has 4 nitrogen and oxygen atoms in total. The van der Waals surface area contributed by atoms with Crippen LogP contribution in [0.15, 0.2) is 36.4 Å². The van der Waals surface area contributed by atoms with Gasteiger partial charge in [0.2, 0.25) is 5.91 Å². The Morgan fingerprint density at radius 1 is 1.10 bits per heavy atom. The van der Waals surface area contributed by atoms with Crippen LogP contribution in [0.5, 0.6) is 0 Å². The zero-order valence-electron chi connectivity index (χ0n) is 11.7. The standard InChI is InChI=1S/C16H16N2O2S/c1-10-5-8-14(21-10)16(20)18-13-4-2-3-12(9-13)17-15(19)11-6-7-11/h2-5,8-9,11H,6-7H2,1H3,(H,17,19)(H,18,20). The predicted octanol–water partition coefficient (Wildman–Crippen LogP) is 3.66. The lowest BCUT2D eigenvalue weighted by Gasteiger charge is -2.08. The minimum absolute atomic E-state index is 0.0624. The SMILES string of the molecule is Cc1ccc(C(=O)Nc2cccc(NC(=O)C3CC3)c2)s1. The van der Waals surface area contributed by atoms with E-state index in [-0.39, 0.29) is 17.7 Å². The summed E-state index contributed by atoms with van der Waals surface area (Å²) in [5, 5.41) is 5.72. The van der Waals surface area contributed by atoms with Gasteiger partial charge >= 0.3 is 0 Å². The van der Waals surface area contributed by atoms with Crippen LogP contribution in [-0.2, 0) is 4.79 Å². The van der Waals surface area contributed by atoms with E-state index in [1.54, 1.807) is 6.07 Å². The molecule has 0 radical (unpaired) electrons. The van der Waals surface area contributed by atoms with Gasteiger partial charge in [-0.3, -0.25) is 9.59 Å². The van der Waals surface area contributed by atoms with E-state index in [0.29, 0.717) is 16.3 Å². The van der Waals surface area contributed by atoms with Crippen molar-refractivity contribution in [3.63, 3.8) is 0 Å². The van der Waals surface area contributed by atoms with Gasteiger partial charge < -0.3 is 10.6 Å². The quantitative estimate of drug-likeness (QED) is 0.905. The number of rotatable bonds is 4. The highest BCUT2D eigenvalue weighted by Crippen LogP contribution is 2.30. The predicted molar refractivity (Wildman–Crippen MR) is 84.8 cm³/mol. The summed E-state index contributed by atoms with van der Waals surface area (Å²) in [6, 6.07) is 11.0. The number of carbonyl (C=O) groups excluding carboxylic acids is 2. The maximum atomic E-state index is 12.1. The maximum Gasteiger partial charge on any atom is 0.265 e. The van der Waals surface area contributed by atoms with Gasteiger partial charge in [-0.25, -0.2) is 0 Å². The van der Waals surface area contributed by atoms with Crippen molar-refractivity contribution in [3.05, 3.63) is 46.2 Å². The fourth-order valence-corrected chi connectivity index (χ4v) is 2.78. The van der Waals surface area contributed by atoms with E-state index in [1.807, 2.05) is 37.3 Å². The Hall–Kier alpha value is -2.14. The summed E-state index contributed by atoms with van der Waals surface area (Å²) in [7, 11) is 0. The van der Waals surface area contributed by atoms with Crippen molar-refractivity contribution in [2.24, 2.45) is 5.92 Å².